The van der Waals surface area contributed by atoms with Crippen LogP contribution < -0.4 is 10.0 Å². The van der Waals surface area contributed by atoms with E-state index in [0.29, 0.717) is 6.54 Å². The summed E-state index contributed by atoms with van der Waals surface area (Å²) in [6, 6.07) is 3.35. The van der Waals surface area contributed by atoms with Gasteiger partial charge in [0.1, 0.15) is 0 Å². The Morgan fingerprint density at radius 1 is 1.35 bits per heavy atom. The molecule has 0 aromatic carbocycles. The van der Waals surface area contributed by atoms with Crippen molar-refractivity contribution in [3.8, 4) is 0 Å². The monoisotopic (exact) mass is 298 g/mol. The van der Waals surface area contributed by atoms with Crippen LogP contribution >= 0.6 is 0 Å². The van der Waals surface area contributed by atoms with Gasteiger partial charge in [-0.2, -0.15) is 0 Å². The summed E-state index contributed by atoms with van der Waals surface area (Å²) in [6.45, 7) is 2.51. The molecule has 112 valence electrons. The molecule has 1 saturated heterocycles. The van der Waals surface area contributed by atoms with Gasteiger partial charge in [0, 0.05) is 18.8 Å². The van der Waals surface area contributed by atoms with E-state index in [-0.39, 0.29) is 11.1 Å². The van der Waals surface area contributed by atoms with Crippen molar-refractivity contribution in [3.63, 3.8) is 0 Å². The van der Waals surface area contributed by atoms with Gasteiger partial charge in [-0.3, -0.25) is 0 Å². The van der Waals surface area contributed by atoms with Crippen molar-refractivity contribution in [2.75, 3.05) is 27.2 Å². The number of nitrogens with zero attached hydrogens (tertiary/aromatic N) is 2. The van der Waals surface area contributed by atoms with E-state index in [2.05, 4.69) is 19.9 Å². The summed E-state index contributed by atoms with van der Waals surface area (Å²) in [5.41, 5.74) is 0.964. The molecule has 0 atom stereocenters. The largest absolute Gasteiger partial charge is 0.316 e. The van der Waals surface area contributed by atoms with Crippen LogP contribution in [0.3, 0.4) is 0 Å². The van der Waals surface area contributed by atoms with Crippen molar-refractivity contribution >= 4 is 10.0 Å². The molecular weight excluding hydrogens is 276 g/mol. The highest BCUT2D eigenvalue weighted by molar-refractivity contribution is 7.89. The molecule has 0 spiro atoms. The van der Waals surface area contributed by atoms with Crippen LogP contribution in [0.25, 0.3) is 0 Å². The van der Waals surface area contributed by atoms with Crippen LogP contribution in [-0.2, 0) is 16.6 Å². The number of hydrogen-bond acceptors (Lipinski definition) is 5. The highest BCUT2D eigenvalue weighted by Crippen LogP contribution is 2.13. The minimum absolute atomic E-state index is 0.00925. The van der Waals surface area contributed by atoms with Crippen LogP contribution in [-0.4, -0.2) is 51.5 Å². The number of rotatable bonds is 5. The second kappa shape index (κ2) is 6.62. The van der Waals surface area contributed by atoms with Crippen LogP contribution in [0, 0.1) is 0 Å². The van der Waals surface area contributed by atoms with Gasteiger partial charge < -0.3 is 10.2 Å². The Labute approximate surface area is 120 Å². The summed E-state index contributed by atoms with van der Waals surface area (Å²) in [4.78, 5) is 6.25. The molecule has 2 rings (SSSR count). The first kappa shape index (κ1) is 15.4. The van der Waals surface area contributed by atoms with E-state index >= 15 is 0 Å². The maximum Gasteiger partial charge on any atom is 0.258 e. The molecule has 1 aliphatic heterocycles. The van der Waals surface area contributed by atoms with Crippen LogP contribution in [0.2, 0.25) is 0 Å². The number of sulfonamides is 1. The minimum Gasteiger partial charge on any atom is -0.316 e. The molecular formula is C13H22N4O2S. The van der Waals surface area contributed by atoms with Crippen LogP contribution in [0.15, 0.2) is 23.4 Å². The second-order valence-corrected chi connectivity index (χ2v) is 6.89. The molecule has 20 heavy (non-hydrogen) atoms. The summed E-state index contributed by atoms with van der Waals surface area (Å²) in [6.07, 6.45) is 3.28. The zero-order chi connectivity index (χ0) is 14.6. The Kier molecular flexibility index (Phi) is 5.09. The molecule has 0 amide bonds. The second-order valence-electron chi connectivity index (χ2n) is 5.23. The normalized spacial score (nSPS) is 18.3. The molecule has 2 heterocycles. The molecule has 0 saturated carbocycles. The fraction of sp³-hybridized carbons (Fsp3) is 0.615. The first-order chi connectivity index (χ1) is 9.51. The quantitative estimate of drug-likeness (QED) is 0.811. The van der Waals surface area contributed by atoms with Gasteiger partial charge in [-0.15, -0.1) is 0 Å². The standard InChI is InChI=1S/C13H22N4O2S/c1-14-9-11-3-4-13(15-10-11)20(18,19)16-12-5-7-17(2)8-6-12/h3-4,10,12,14,16H,5-9H2,1-2H3. The molecule has 2 N–H and O–H groups in total. The molecule has 0 radical (unpaired) electrons. The third kappa shape index (κ3) is 3.99. The zero-order valence-electron chi connectivity index (χ0n) is 12.0. The Hall–Kier alpha value is -1.02. The summed E-state index contributed by atoms with van der Waals surface area (Å²) < 4.78 is 27.2. The van der Waals surface area contributed by atoms with E-state index < -0.39 is 10.0 Å². The lowest BCUT2D eigenvalue weighted by atomic mass is 10.1. The third-order valence-electron chi connectivity index (χ3n) is 3.49. The number of likely N-dealkylation sites (tertiary alicyclic amines) is 1. The summed E-state index contributed by atoms with van der Waals surface area (Å²) in [7, 11) is 0.379. The van der Waals surface area contributed by atoms with Gasteiger partial charge in [0.2, 0.25) is 0 Å². The van der Waals surface area contributed by atoms with Crippen molar-refractivity contribution in [1.82, 2.24) is 19.9 Å². The van der Waals surface area contributed by atoms with Crippen molar-refractivity contribution in [1.29, 1.82) is 0 Å². The van der Waals surface area contributed by atoms with Crippen LogP contribution in [0.1, 0.15) is 18.4 Å². The fourth-order valence-corrected chi connectivity index (χ4v) is 3.52. The molecule has 1 aliphatic rings. The first-order valence-electron chi connectivity index (χ1n) is 6.81. The van der Waals surface area contributed by atoms with Crippen molar-refractivity contribution in [2.45, 2.75) is 30.5 Å². The van der Waals surface area contributed by atoms with Crippen molar-refractivity contribution in [2.24, 2.45) is 0 Å². The summed E-state index contributed by atoms with van der Waals surface area (Å²) >= 11 is 0. The lowest BCUT2D eigenvalue weighted by Gasteiger charge is -2.29. The Bertz CT molecular complexity index is 522. The molecule has 0 bridgehead atoms. The number of nitrogens with one attached hydrogen (secondary N) is 2. The topological polar surface area (TPSA) is 74.3 Å². The van der Waals surface area contributed by atoms with Gasteiger partial charge in [0.05, 0.1) is 0 Å². The molecule has 7 heteroatoms. The summed E-state index contributed by atoms with van der Waals surface area (Å²) in [5.74, 6) is 0. The Morgan fingerprint density at radius 3 is 2.60 bits per heavy atom. The van der Waals surface area contributed by atoms with Gasteiger partial charge in [-0.1, -0.05) is 6.07 Å². The SMILES string of the molecule is CNCc1ccc(S(=O)(=O)NC2CCN(C)CC2)nc1. The fourth-order valence-electron chi connectivity index (χ4n) is 2.28. The average Bonchev–Trinajstić information content (AvgIpc) is 2.42. The van der Waals surface area contributed by atoms with Crippen molar-refractivity contribution < 1.29 is 8.42 Å². The van der Waals surface area contributed by atoms with E-state index in [1.807, 2.05) is 14.1 Å². The van der Waals surface area contributed by atoms with E-state index in [4.69, 9.17) is 0 Å². The molecule has 1 aromatic heterocycles. The van der Waals surface area contributed by atoms with Gasteiger partial charge >= 0.3 is 0 Å². The molecule has 0 aliphatic carbocycles. The lowest BCUT2D eigenvalue weighted by Crippen LogP contribution is -2.43. The number of aromatic nitrogens is 1. The van der Waals surface area contributed by atoms with Gasteiger partial charge in [-0.05, 0) is 51.7 Å². The average molecular weight is 298 g/mol. The molecule has 1 fully saturated rings. The predicted octanol–water partition coefficient (Wildman–Crippen LogP) is 0.174. The number of pyridine rings is 1. The Balaban J connectivity index is 2.02. The smallest absolute Gasteiger partial charge is 0.258 e. The van der Waals surface area contributed by atoms with Crippen LogP contribution in [0.5, 0.6) is 0 Å². The highest BCUT2D eigenvalue weighted by atomic mass is 32.2. The summed E-state index contributed by atoms with van der Waals surface area (Å²) in [5, 5.41) is 3.10. The van der Waals surface area contributed by atoms with Gasteiger partial charge in [0.15, 0.2) is 5.03 Å². The van der Waals surface area contributed by atoms with E-state index in [9.17, 15) is 8.42 Å². The highest BCUT2D eigenvalue weighted by Gasteiger charge is 2.24. The minimum atomic E-state index is -3.51. The third-order valence-corrected chi connectivity index (χ3v) is 4.93. The first-order valence-corrected chi connectivity index (χ1v) is 8.30. The zero-order valence-corrected chi connectivity index (χ0v) is 12.8. The van der Waals surface area contributed by atoms with Crippen LogP contribution in [0.4, 0.5) is 0 Å². The maximum atomic E-state index is 12.2. The lowest BCUT2D eigenvalue weighted by molar-refractivity contribution is 0.248. The predicted molar refractivity (Wildman–Crippen MR) is 77.8 cm³/mol. The van der Waals surface area contributed by atoms with Gasteiger partial charge in [-0.25, -0.2) is 18.1 Å². The van der Waals surface area contributed by atoms with Gasteiger partial charge in [0.25, 0.3) is 10.0 Å². The van der Waals surface area contributed by atoms with E-state index in [0.717, 1.165) is 31.5 Å². The maximum absolute atomic E-state index is 12.2. The van der Waals surface area contributed by atoms with Crippen molar-refractivity contribution in [3.05, 3.63) is 23.9 Å². The molecule has 0 unspecified atom stereocenters. The Morgan fingerprint density at radius 2 is 2.05 bits per heavy atom. The molecule has 1 aromatic rings. The number of piperidine rings is 1. The van der Waals surface area contributed by atoms with E-state index in [1.165, 1.54) is 0 Å². The number of hydrogen-bond donors (Lipinski definition) is 2. The molecule has 6 nitrogen and oxygen atoms in total. The van der Waals surface area contributed by atoms with E-state index in [1.54, 1.807) is 18.3 Å².